The molecule has 1 rings (SSSR count). The van der Waals surface area contributed by atoms with Crippen LogP contribution in [-0.4, -0.2) is 69.1 Å². The average Bonchev–Trinajstić information content (AvgIpc) is 2.50. The number of esters is 1. The Kier molecular flexibility index (Phi) is 7.03. The normalized spacial score (nSPS) is 16.9. The molecule has 0 fully saturated rings. The molecule has 0 heterocycles. The zero-order valence-electron chi connectivity index (χ0n) is 11.0. The van der Waals surface area contributed by atoms with Gasteiger partial charge >= 0.3 is 5.97 Å². The molecule has 0 aliphatic carbocycles. The van der Waals surface area contributed by atoms with Crippen molar-refractivity contribution in [2.75, 3.05) is 13.2 Å². The summed E-state index contributed by atoms with van der Waals surface area (Å²) in [5.41, 5.74) is 0.0943. The zero-order valence-corrected chi connectivity index (χ0v) is 11.7. The van der Waals surface area contributed by atoms with E-state index in [2.05, 4.69) is 0 Å². The van der Waals surface area contributed by atoms with Gasteiger partial charge in [0.25, 0.3) is 0 Å². The van der Waals surface area contributed by atoms with Crippen LogP contribution in [0.25, 0.3) is 0 Å². The minimum atomic E-state index is -1.79. The highest BCUT2D eigenvalue weighted by molar-refractivity contribution is 6.33. The first kappa shape index (κ1) is 17.8. The van der Waals surface area contributed by atoms with Gasteiger partial charge in [0.1, 0.15) is 31.0 Å². The average molecular weight is 321 g/mol. The molecule has 4 atom stereocenters. The van der Waals surface area contributed by atoms with Crippen LogP contribution in [0.15, 0.2) is 24.3 Å². The van der Waals surface area contributed by atoms with Gasteiger partial charge in [0.2, 0.25) is 0 Å². The molecule has 0 saturated heterocycles. The lowest BCUT2D eigenvalue weighted by Gasteiger charge is -2.25. The van der Waals surface area contributed by atoms with E-state index >= 15 is 0 Å². The van der Waals surface area contributed by atoms with Crippen LogP contribution < -0.4 is 0 Å². The van der Waals surface area contributed by atoms with Crippen LogP contribution in [0.3, 0.4) is 0 Å². The summed E-state index contributed by atoms with van der Waals surface area (Å²) in [6.45, 7) is -1.40. The Bertz CT molecular complexity index is 468. The summed E-state index contributed by atoms with van der Waals surface area (Å²) in [5.74, 6) is -0.802. The second-order valence-corrected chi connectivity index (χ2v) is 4.78. The molecule has 0 radical (unpaired) electrons. The number of ether oxygens (including phenoxy) is 1. The third kappa shape index (κ3) is 4.92. The van der Waals surface area contributed by atoms with Crippen molar-refractivity contribution < 1.29 is 35.1 Å². The van der Waals surface area contributed by atoms with E-state index in [1.165, 1.54) is 12.1 Å². The van der Waals surface area contributed by atoms with Gasteiger partial charge in [-0.05, 0) is 12.1 Å². The smallest absolute Gasteiger partial charge is 0.339 e. The van der Waals surface area contributed by atoms with Gasteiger partial charge in [0.15, 0.2) is 0 Å². The Morgan fingerprint density at radius 3 is 2.24 bits per heavy atom. The molecule has 0 unspecified atom stereocenters. The summed E-state index contributed by atoms with van der Waals surface area (Å²) >= 11 is 5.79. The van der Waals surface area contributed by atoms with Crippen LogP contribution in [0.5, 0.6) is 0 Å². The van der Waals surface area contributed by atoms with Gasteiger partial charge in [-0.1, -0.05) is 23.7 Å². The van der Waals surface area contributed by atoms with Crippen molar-refractivity contribution >= 4 is 17.6 Å². The van der Waals surface area contributed by atoms with Gasteiger partial charge in [-0.25, -0.2) is 4.79 Å². The lowest BCUT2D eigenvalue weighted by molar-refractivity contribution is -0.124. The van der Waals surface area contributed by atoms with E-state index in [-0.39, 0.29) is 10.6 Å². The van der Waals surface area contributed by atoms with E-state index in [0.717, 1.165) is 0 Å². The molecular weight excluding hydrogens is 304 g/mol. The second-order valence-electron chi connectivity index (χ2n) is 4.38. The van der Waals surface area contributed by atoms with Gasteiger partial charge < -0.3 is 30.3 Å². The number of rotatable bonds is 7. The Hall–Kier alpha value is -1.22. The first-order chi connectivity index (χ1) is 9.88. The Morgan fingerprint density at radius 1 is 1.10 bits per heavy atom. The third-order valence-electron chi connectivity index (χ3n) is 2.80. The number of halogens is 1. The minimum absolute atomic E-state index is 0.0943. The number of hydrogen-bond donors (Lipinski definition) is 5. The lowest BCUT2D eigenvalue weighted by Crippen LogP contribution is -2.47. The van der Waals surface area contributed by atoms with Gasteiger partial charge in [-0.15, -0.1) is 0 Å². The standard InChI is InChI=1S/C13H17ClO7/c14-8-4-2-1-3-7(8)13(20)21-6-10(17)12(19)11(18)9(16)5-15/h1-4,9-12,15-19H,5-6H2/t9-,10-,11-,12-/m0/s1. The van der Waals surface area contributed by atoms with Crippen LogP contribution in [-0.2, 0) is 4.74 Å². The van der Waals surface area contributed by atoms with E-state index in [4.69, 9.17) is 26.6 Å². The zero-order chi connectivity index (χ0) is 16.0. The molecule has 1 aromatic rings. The highest BCUT2D eigenvalue weighted by atomic mass is 35.5. The summed E-state index contributed by atoms with van der Waals surface area (Å²) in [6.07, 6.45) is -6.81. The summed E-state index contributed by atoms with van der Waals surface area (Å²) in [6, 6.07) is 6.13. The summed E-state index contributed by atoms with van der Waals surface area (Å²) in [7, 11) is 0. The van der Waals surface area contributed by atoms with Crippen molar-refractivity contribution in [2.45, 2.75) is 24.4 Å². The van der Waals surface area contributed by atoms with Gasteiger partial charge in [0, 0.05) is 0 Å². The Balaban J connectivity index is 2.55. The fourth-order valence-corrected chi connectivity index (χ4v) is 1.74. The molecule has 0 spiro atoms. The molecule has 0 aliphatic rings. The fraction of sp³-hybridized carbons (Fsp3) is 0.462. The number of carbonyl (C=O) groups is 1. The second kappa shape index (κ2) is 8.28. The van der Waals surface area contributed by atoms with Crippen molar-refractivity contribution in [1.29, 1.82) is 0 Å². The minimum Gasteiger partial charge on any atom is -0.459 e. The van der Waals surface area contributed by atoms with E-state index in [1.54, 1.807) is 12.1 Å². The van der Waals surface area contributed by atoms with E-state index in [9.17, 15) is 20.1 Å². The number of aliphatic hydroxyl groups excluding tert-OH is 5. The maximum atomic E-state index is 11.7. The largest absolute Gasteiger partial charge is 0.459 e. The summed E-state index contributed by atoms with van der Waals surface area (Å²) in [5, 5.41) is 46.5. The number of benzene rings is 1. The van der Waals surface area contributed by atoms with E-state index < -0.39 is 43.6 Å². The molecule has 0 amide bonds. The molecule has 8 heteroatoms. The van der Waals surface area contributed by atoms with Gasteiger partial charge in [-0.2, -0.15) is 0 Å². The molecular formula is C13H17ClO7. The quantitative estimate of drug-likeness (QED) is 0.405. The third-order valence-corrected chi connectivity index (χ3v) is 3.13. The highest BCUT2D eigenvalue weighted by Gasteiger charge is 2.30. The lowest BCUT2D eigenvalue weighted by atomic mass is 10.0. The summed E-state index contributed by atoms with van der Waals surface area (Å²) in [4.78, 5) is 11.7. The molecule has 21 heavy (non-hydrogen) atoms. The fourth-order valence-electron chi connectivity index (χ4n) is 1.53. The van der Waals surface area contributed by atoms with Crippen molar-refractivity contribution in [3.63, 3.8) is 0 Å². The van der Waals surface area contributed by atoms with Crippen molar-refractivity contribution in [1.82, 2.24) is 0 Å². The Labute approximate surface area is 126 Å². The Morgan fingerprint density at radius 2 is 1.67 bits per heavy atom. The molecule has 0 aromatic heterocycles. The van der Waals surface area contributed by atoms with Crippen molar-refractivity contribution in [3.8, 4) is 0 Å². The predicted octanol–water partition coefficient (Wildman–Crippen LogP) is -1.07. The van der Waals surface area contributed by atoms with Crippen molar-refractivity contribution in [2.24, 2.45) is 0 Å². The van der Waals surface area contributed by atoms with Crippen LogP contribution in [0.4, 0.5) is 0 Å². The topological polar surface area (TPSA) is 127 Å². The highest BCUT2D eigenvalue weighted by Crippen LogP contribution is 2.16. The van der Waals surface area contributed by atoms with Gasteiger partial charge in [-0.3, -0.25) is 0 Å². The number of hydrogen-bond acceptors (Lipinski definition) is 7. The first-order valence-electron chi connectivity index (χ1n) is 6.13. The van der Waals surface area contributed by atoms with E-state index in [1.807, 2.05) is 0 Å². The molecule has 7 nitrogen and oxygen atoms in total. The van der Waals surface area contributed by atoms with Crippen LogP contribution in [0, 0.1) is 0 Å². The molecule has 1 aromatic carbocycles. The van der Waals surface area contributed by atoms with Crippen LogP contribution >= 0.6 is 11.6 Å². The molecule has 118 valence electrons. The predicted molar refractivity (Wildman–Crippen MR) is 72.8 cm³/mol. The number of aliphatic hydroxyl groups is 5. The number of carbonyl (C=O) groups excluding carboxylic acids is 1. The molecule has 0 saturated carbocycles. The van der Waals surface area contributed by atoms with Crippen molar-refractivity contribution in [3.05, 3.63) is 34.9 Å². The maximum Gasteiger partial charge on any atom is 0.339 e. The van der Waals surface area contributed by atoms with Crippen LogP contribution in [0.1, 0.15) is 10.4 Å². The van der Waals surface area contributed by atoms with E-state index in [0.29, 0.717) is 0 Å². The summed E-state index contributed by atoms with van der Waals surface area (Å²) < 4.78 is 4.77. The molecule has 0 aliphatic heterocycles. The molecule has 0 bridgehead atoms. The SMILES string of the molecule is O=C(OC[C@H](O)[C@H](O)[C@@H](O)[C@@H](O)CO)c1ccccc1Cl. The van der Waals surface area contributed by atoms with Crippen LogP contribution in [0.2, 0.25) is 5.02 Å². The van der Waals surface area contributed by atoms with Gasteiger partial charge in [0.05, 0.1) is 17.2 Å². The maximum absolute atomic E-state index is 11.7. The molecule has 5 N–H and O–H groups in total. The monoisotopic (exact) mass is 320 g/mol. The first-order valence-corrected chi connectivity index (χ1v) is 6.51.